The fourth-order valence-corrected chi connectivity index (χ4v) is 1.86. The molecule has 90 valence electrons. The lowest BCUT2D eigenvalue weighted by Crippen LogP contribution is -2.39. The second-order valence-corrected chi connectivity index (χ2v) is 4.62. The minimum Gasteiger partial charge on any atom is -0.395 e. The zero-order chi connectivity index (χ0) is 12.0. The van der Waals surface area contributed by atoms with E-state index in [-0.39, 0.29) is 12.6 Å². The summed E-state index contributed by atoms with van der Waals surface area (Å²) in [6, 6.07) is 8.46. The van der Waals surface area contributed by atoms with Crippen LogP contribution in [0.15, 0.2) is 24.3 Å². The minimum absolute atomic E-state index is 0.196. The molecule has 2 unspecified atom stereocenters. The molecule has 0 bridgehead atoms. The molecule has 0 aliphatic carbocycles. The topological polar surface area (TPSA) is 32.3 Å². The predicted molar refractivity (Wildman–Crippen MR) is 68.9 cm³/mol. The lowest BCUT2D eigenvalue weighted by molar-refractivity contribution is 0.229. The first-order valence-electron chi connectivity index (χ1n) is 5.77. The lowest BCUT2D eigenvalue weighted by Gasteiger charge is -2.20. The Balaban J connectivity index is 2.44. The molecule has 0 saturated heterocycles. The smallest absolute Gasteiger partial charge is 0.0584 e. The molecule has 0 fully saturated rings. The standard InChI is InChI=1S/C13H20ClNO/c1-3-13(9-16)15-10(2)8-11-4-6-12(14)7-5-11/h4-7,10,13,15-16H,3,8-9H2,1-2H3. The number of benzene rings is 1. The molecular weight excluding hydrogens is 222 g/mol. The second kappa shape index (κ2) is 6.89. The third-order valence-corrected chi connectivity index (χ3v) is 2.94. The number of rotatable bonds is 6. The molecule has 16 heavy (non-hydrogen) atoms. The average Bonchev–Trinajstić information content (AvgIpc) is 2.29. The van der Waals surface area contributed by atoms with Gasteiger partial charge in [0.1, 0.15) is 0 Å². The van der Waals surface area contributed by atoms with E-state index >= 15 is 0 Å². The Kier molecular flexibility index (Phi) is 5.81. The number of hydrogen-bond acceptors (Lipinski definition) is 2. The number of aliphatic hydroxyl groups excluding tert-OH is 1. The molecule has 0 saturated carbocycles. The Labute approximate surface area is 103 Å². The molecule has 0 aromatic heterocycles. The lowest BCUT2D eigenvalue weighted by atomic mass is 10.1. The average molecular weight is 242 g/mol. The van der Waals surface area contributed by atoms with Gasteiger partial charge in [0.2, 0.25) is 0 Å². The van der Waals surface area contributed by atoms with Gasteiger partial charge in [-0.2, -0.15) is 0 Å². The van der Waals surface area contributed by atoms with E-state index in [1.165, 1.54) is 5.56 Å². The molecule has 1 aromatic rings. The largest absolute Gasteiger partial charge is 0.395 e. The van der Waals surface area contributed by atoms with Crippen molar-refractivity contribution < 1.29 is 5.11 Å². The Hall–Kier alpha value is -0.570. The summed E-state index contributed by atoms with van der Waals surface area (Å²) in [4.78, 5) is 0. The van der Waals surface area contributed by atoms with Crippen LogP contribution < -0.4 is 5.32 Å². The normalized spacial score (nSPS) is 14.8. The van der Waals surface area contributed by atoms with Crippen LogP contribution in [0.1, 0.15) is 25.8 Å². The Morgan fingerprint density at radius 1 is 1.31 bits per heavy atom. The van der Waals surface area contributed by atoms with Crippen molar-refractivity contribution >= 4 is 11.6 Å². The summed E-state index contributed by atoms with van der Waals surface area (Å²) >= 11 is 5.83. The second-order valence-electron chi connectivity index (χ2n) is 4.19. The monoisotopic (exact) mass is 241 g/mol. The minimum atomic E-state index is 0.196. The third kappa shape index (κ3) is 4.52. The molecule has 2 nitrogen and oxygen atoms in total. The van der Waals surface area contributed by atoms with Crippen molar-refractivity contribution in [2.45, 2.75) is 38.8 Å². The highest BCUT2D eigenvalue weighted by Gasteiger charge is 2.09. The summed E-state index contributed by atoms with van der Waals surface area (Å²) in [5.74, 6) is 0. The fraction of sp³-hybridized carbons (Fsp3) is 0.538. The first kappa shape index (κ1) is 13.5. The maximum absolute atomic E-state index is 9.10. The number of nitrogens with one attached hydrogen (secondary N) is 1. The Morgan fingerprint density at radius 3 is 2.44 bits per heavy atom. The van der Waals surface area contributed by atoms with Gasteiger partial charge in [0, 0.05) is 17.1 Å². The molecule has 0 heterocycles. The Morgan fingerprint density at radius 2 is 1.94 bits per heavy atom. The quantitative estimate of drug-likeness (QED) is 0.803. The molecule has 0 amide bonds. The maximum atomic E-state index is 9.10. The van der Waals surface area contributed by atoms with E-state index < -0.39 is 0 Å². The molecule has 1 rings (SSSR count). The summed E-state index contributed by atoms with van der Waals surface area (Å²) in [5, 5.41) is 13.3. The zero-order valence-corrected chi connectivity index (χ0v) is 10.7. The highest BCUT2D eigenvalue weighted by Crippen LogP contribution is 2.11. The van der Waals surface area contributed by atoms with Crippen LogP contribution in [0.3, 0.4) is 0 Å². The summed E-state index contributed by atoms with van der Waals surface area (Å²) in [5.41, 5.74) is 1.26. The molecule has 3 heteroatoms. The number of hydrogen-bond donors (Lipinski definition) is 2. The van der Waals surface area contributed by atoms with Crippen molar-refractivity contribution in [2.24, 2.45) is 0 Å². The summed E-state index contributed by atoms with van der Waals surface area (Å²) in [6.45, 7) is 4.40. The van der Waals surface area contributed by atoms with E-state index in [1.807, 2.05) is 24.3 Å². The van der Waals surface area contributed by atoms with Crippen LogP contribution in [0.4, 0.5) is 0 Å². The van der Waals surface area contributed by atoms with Crippen molar-refractivity contribution in [2.75, 3.05) is 6.61 Å². The van der Waals surface area contributed by atoms with E-state index in [9.17, 15) is 0 Å². The van der Waals surface area contributed by atoms with Crippen molar-refractivity contribution in [1.82, 2.24) is 5.32 Å². The van der Waals surface area contributed by atoms with Crippen LogP contribution in [0.25, 0.3) is 0 Å². The van der Waals surface area contributed by atoms with Crippen molar-refractivity contribution in [1.29, 1.82) is 0 Å². The van der Waals surface area contributed by atoms with E-state index in [1.54, 1.807) is 0 Å². The van der Waals surface area contributed by atoms with Gasteiger partial charge in [0.15, 0.2) is 0 Å². The summed E-state index contributed by atoms with van der Waals surface area (Å²) in [6.07, 6.45) is 1.90. The fourth-order valence-electron chi connectivity index (χ4n) is 1.73. The maximum Gasteiger partial charge on any atom is 0.0584 e. The molecule has 0 aliphatic heterocycles. The zero-order valence-electron chi connectivity index (χ0n) is 9.91. The Bertz CT molecular complexity index is 295. The molecule has 2 N–H and O–H groups in total. The van der Waals surface area contributed by atoms with E-state index in [4.69, 9.17) is 16.7 Å². The highest BCUT2D eigenvalue weighted by molar-refractivity contribution is 6.30. The SMILES string of the molecule is CCC(CO)NC(C)Cc1ccc(Cl)cc1. The molecule has 0 aliphatic rings. The van der Waals surface area contributed by atoms with E-state index in [0.29, 0.717) is 6.04 Å². The van der Waals surface area contributed by atoms with Crippen molar-refractivity contribution in [3.8, 4) is 0 Å². The van der Waals surface area contributed by atoms with Gasteiger partial charge < -0.3 is 10.4 Å². The molecule has 1 aromatic carbocycles. The number of halogens is 1. The van der Waals surface area contributed by atoms with Gasteiger partial charge in [0.25, 0.3) is 0 Å². The summed E-state index contributed by atoms with van der Waals surface area (Å²) < 4.78 is 0. The van der Waals surface area contributed by atoms with Crippen molar-refractivity contribution in [3.05, 3.63) is 34.9 Å². The van der Waals surface area contributed by atoms with Crippen molar-refractivity contribution in [3.63, 3.8) is 0 Å². The van der Waals surface area contributed by atoms with Crippen LogP contribution in [0.5, 0.6) is 0 Å². The van der Waals surface area contributed by atoms with Crippen LogP contribution in [-0.4, -0.2) is 23.8 Å². The van der Waals surface area contributed by atoms with Gasteiger partial charge in [0.05, 0.1) is 6.61 Å². The van der Waals surface area contributed by atoms with Crippen LogP contribution >= 0.6 is 11.6 Å². The molecule has 0 radical (unpaired) electrons. The van der Waals surface area contributed by atoms with E-state index in [0.717, 1.165) is 17.9 Å². The van der Waals surface area contributed by atoms with Crippen LogP contribution in [-0.2, 0) is 6.42 Å². The number of aliphatic hydroxyl groups is 1. The van der Waals surface area contributed by atoms with Crippen LogP contribution in [0.2, 0.25) is 5.02 Å². The van der Waals surface area contributed by atoms with Gasteiger partial charge in [-0.05, 0) is 37.5 Å². The molecular formula is C13H20ClNO. The molecule has 2 atom stereocenters. The summed E-state index contributed by atoms with van der Waals surface area (Å²) in [7, 11) is 0. The predicted octanol–water partition coefficient (Wildman–Crippen LogP) is 2.63. The first-order chi connectivity index (χ1) is 7.65. The van der Waals surface area contributed by atoms with Gasteiger partial charge in [-0.25, -0.2) is 0 Å². The third-order valence-electron chi connectivity index (χ3n) is 2.69. The van der Waals surface area contributed by atoms with Gasteiger partial charge in [-0.1, -0.05) is 30.7 Å². The molecule has 0 spiro atoms. The van der Waals surface area contributed by atoms with Gasteiger partial charge >= 0.3 is 0 Å². The van der Waals surface area contributed by atoms with Crippen LogP contribution in [0, 0.1) is 0 Å². The first-order valence-corrected chi connectivity index (χ1v) is 6.14. The van der Waals surface area contributed by atoms with Gasteiger partial charge in [-0.3, -0.25) is 0 Å². The van der Waals surface area contributed by atoms with Gasteiger partial charge in [-0.15, -0.1) is 0 Å². The van der Waals surface area contributed by atoms with E-state index in [2.05, 4.69) is 19.2 Å². The highest BCUT2D eigenvalue weighted by atomic mass is 35.5.